The van der Waals surface area contributed by atoms with Gasteiger partial charge in [-0.25, -0.2) is 5.84 Å². The highest BCUT2D eigenvalue weighted by molar-refractivity contribution is 5.50. The number of nitrogens with one attached hydrogen (secondary N) is 2. The molecule has 0 fully saturated rings. The molecule has 0 aromatic carbocycles. The predicted molar refractivity (Wildman–Crippen MR) is 63.8 cm³/mol. The zero-order valence-corrected chi connectivity index (χ0v) is 9.74. The number of aromatic nitrogens is 2. The lowest BCUT2D eigenvalue weighted by molar-refractivity contribution is 0.0343. The zero-order valence-electron chi connectivity index (χ0n) is 9.74. The quantitative estimate of drug-likeness (QED) is 0.418. The number of hydrazine groups is 1. The third-order valence-electron chi connectivity index (χ3n) is 2.14. The van der Waals surface area contributed by atoms with Crippen LogP contribution in [0, 0.1) is 0 Å². The van der Waals surface area contributed by atoms with Gasteiger partial charge < -0.3 is 21.2 Å². The fourth-order valence-electron chi connectivity index (χ4n) is 1.01. The number of hydrogen-bond acceptors (Lipinski definition) is 7. The molecule has 16 heavy (non-hydrogen) atoms. The van der Waals surface area contributed by atoms with Gasteiger partial charge in [0.05, 0.1) is 5.60 Å². The molecule has 90 valence electrons. The molecule has 0 radical (unpaired) electrons. The standard InChI is InChI=1S/C9H18N6O/c1-9(2,16-3)5-12-6-4-7(15-11)14-8(10)13-6/h4H,5,11H2,1-3H3,(H4,10,12,13,14,15). The van der Waals surface area contributed by atoms with E-state index < -0.39 is 0 Å². The summed E-state index contributed by atoms with van der Waals surface area (Å²) in [7, 11) is 1.66. The summed E-state index contributed by atoms with van der Waals surface area (Å²) in [6, 6.07) is 1.67. The van der Waals surface area contributed by atoms with E-state index in [2.05, 4.69) is 20.7 Å². The van der Waals surface area contributed by atoms with E-state index in [0.717, 1.165) is 0 Å². The maximum absolute atomic E-state index is 5.52. The van der Waals surface area contributed by atoms with Crippen LogP contribution in [0.5, 0.6) is 0 Å². The van der Waals surface area contributed by atoms with Crippen LogP contribution in [0.15, 0.2) is 6.07 Å². The minimum atomic E-state index is -0.282. The minimum absolute atomic E-state index is 0.160. The van der Waals surface area contributed by atoms with Gasteiger partial charge in [0.2, 0.25) is 5.95 Å². The summed E-state index contributed by atoms with van der Waals surface area (Å²) in [5, 5.41) is 3.10. The van der Waals surface area contributed by atoms with Gasteiger partial charge in [0.25, 0.3) is 0 Å². The number of methoxy groups -OCH3 is 1. The number of anilines is 3. The number of nitrogens with zero attached hydrogens (tertiary/aromatic N) is 2. The van der Waals surface area contributed by atoms with Crippen LogP contribution in [0.3, 0.4) is 0 Å². The van der Waals surface area contributed by atoms with E-state index in [4.69, 9.17) is 16.3 Å². The van der Waals surface area contributed by atoms with Crippen LogP contribution in [0.1, 0.15) is 13.8 Å². The molecule has 1 aromatic rings. The highest BCUT2D eigenvalue weighted by Crippen LogP contribution is 2.13. The van der Waals surface area contributed by atoms with Crippen LogP contribution in [-0.4, -0.2) is 29.2 Å². The molecule has 0 unspecified atom stereocenters. The molecule has 0 spiro atoms. The van der Waals surface area contributed by atoms with Crippen molar-refractivity contribution in [1.29, 1.82) is 0 Å². The Bertz CT molecular complexity index is 354. The van der Waals surface area contributed by atoms with Crippen molar-refractivity contribution in [3.8, 4) is 0 Å². The molecular weight excluding hydrogens is 208 g/mol. The highest BCUT2D eigenvalue weighted by Gasteiger charge is 2.16. The lowest BCUT2D eigenvalue weighted by Crippen LogP contribution is -2.32. The Morgan fingerprint density at radius 1 is 1.38 bits per heavy atom. The van der Waals surface area contributed by atoms with E-state index in [9.17, 15) is 0 Å². The maximum Gasteiger partial charge on any atom is 0.223 e. The fraction of sp³-hybridized carbons (Fsp3) is 0.556. The highest BCUT2D eigenvalue weighted by atomic mass is 16.5. The maximum atomic E-state index is 5.52. The molecule has 0 aliphatic rings. The van der Waals surface area contributed by atoms with Crippen LogP contribution in [-0.2, 0) is 4.74 Å². The molecule has 0 saturated carbocycles. The van der Waals surface area contributed by atoms with Crippen molar-refractivity contribution in [2.45, 2.75) is 19.4 Å². The zero-order chi connectivity index (χ0) is 12.2. The first-order chi connectivity index (χ1) is 7.46. The van der Waals surface area contributed by atoms with E-state index in [-0.39, 0.29) is 11.5 Å². The van der Waals surface area contributed by atoms with E-state index >= 15 is 0 Å². The molecule has 1 aromatic heterocycles. The molecule has 6 N–H and O–H groups in total. The van der Waals surface area contributed by atoms with Gasteiger partial charge in [0.1, 0.15) is 11.6 Å². The third-order valence-corrected chi connectivity index (χ3v) is 2.14. The normalized spacial score (nSPS) is 11.2. The van der Waals surface area contributed by atoms with Gasteiger partial charge in [-0.2, -0.15) is 9.97 Å². The molecule has 0 bridgehead atoms. The van der Waals surface area contributed by atoms with Crippen LogP contribution in [0.25, 0.3) is 0 Å². The number of hydrogen-bond donors (Lipinski definition) is 4. The monoisotopic (exact) mass is 226 g/mol. The van der Waals surface area contributed by atoms with Gasteiger partial charge >= 0.3 is 0 Å². The molecule has 0 aliphatic carbocycles. The Morgan fingerprint density at radius 2 is 2.00 bits per heavy atom. The minimum Gasteiger partial charge on any atom is -0.377 e. The molecular formula is C9H18N6O. The first-order valence-electron chi connectivity index (χ1n) is 4.87. The lowest BCUT2D eigenvalue weighted by atomic mass is 10.1. The molecule has 0 amide bonds. The van der Waals surface area contributed by atoms with Crippen molar-refractivity contribution < 1.29 is 4.74 Å². The molecule has 0 aliphatic heterocycles. The molecule has 1 heterocycles. The average molecular weight is 226 g/mol. The van der Waals surface area contributed by atoms with Gasteiger partial charge in [-0.3, -0.25) is 0 Å². The first kappa shape index (κ1) is 12.5. The Kier molecular flexibility index (Phi) is 3.86. The molecule has 7 heteroatoms. The van der Waals surface area contributed by atoms with Crippen LogP contribution in [0.4, 0.5) is 17.6 Å². The Balaban J connectivity index is 2.70. The van der Waals surface area contributed by atoms with Crippen LogP contribution in [0.2, 0.25) is 0 Å². The van der Waals surface area contributed by atoms with Crippen molar-refractivity contribution in [2.75, 3.05) is 30.1 Å². The number of rotatable bonds is 5. The second-order valence-electron chi connectivity index (χ2n) is 3.96. The van der Waals surface area contributed by atoms with E-state index in [1.807, 2.05) is 13.8 Å². The summed E-state index contributed by atoms with van der Waals surface area (Å²) in [6.45, 7) is 4.53. The van der Waals surface area contributed by atoms with Crippen molar-refractivity contribution in [3.63, 3.8) is 0 Å². The molecule has 1 rings (SSSR count). The fourth-order valence-corrected chi connectivity index (χ4v) is 1.01. The summed E-state index contributed by atoms with van der Waals surface area (Å²) in [5.74, 6) is 6.47. The van der Waals surface area contributed by atoms with Crippen molar-refractivity contribution in [2.24, 2.45) is 5.84 Å². The smallest absolute Gasteiger partial charge is 0.223 e. The van der Waals surface area contributed by atoms with Gasteiger partial charge in [-0.1, -0.05) is 0 Å². The second kappa shape index (κ2) is 4.95. The van der Waals surface area contributed by atoms with E-state index in [1.54, 1.807) is 13.2 Å². The average Bonchev–Trinajstić information content (AvgIpc) is 2.26. The lowest BCUT2D eigenvalue weighted by Gasteiger charge is -2.23. The van der Waals surface area contributed by atoms with Crippen molar-refractivity contribution >= 4 is 17.6 Å². The molecule has 0 atom stereocenters. The second-order valence-corrected chi connectivity index (χ2v) is 3.96. The Hall–Kier alpha value is -1.60. The summed E-state index contributed by atoms with van der Waals surface area (Å²) >= 11 is 0. The molecule has 0 saturated heterocycles. The molecule has 7 nitrogen and oxygen atoms in total. The number of nitrogens with two attached hydrogens (primary N) is 2. The number of nitrogen functional groups attached to an aromatic ring is 2. The summed E-state index contributed by atoms with van der Waals surface area (Å²) in [6.07, 6.45) is 0. The van der Waals surface area contributed by atoms with Crippen LogP contribution >= 0.6 is 0 Å². The number of ether oxygens (including phenoxy) is 1. The summed E-state index contributed by atoms with van der Waals surface area (Å²) < 4.78 is 5.27. The Morgan fingerprint density at radius 3 is 2.56 bits per heavy atom. The van der Waals surface area contributed by atoms with Crippen LogP contribution < -0.4 is 22.3 Å². The predicted octanol–water partition coefficient (Wildman–Crippen LogP) is 0.181. The summed E-state index contributed by atoms with van der Waals surface area (Å²) in [4.78, 5) is 7.90. The van der Waals surface area contributed by atoms with Gasteiger partial charge in [-0.05, 0) is 13.8 Å². The van der Waals surface area contributed by atoms with E-state index in [0.29, 0.717) is 18.2 Å². The van der Waals surface area contributed by atoms with Crippen molar-refractivity contribution in [3.05, 3.63) is 6.07 Å². The van der Waals surface area contributed by atoms with Gasteiger partial charge in [-0.15, -0.1) is 0 Å². The summed E-state index contributed by atoms with van der Waals surface area (Å²) in [5.41, 5.74) is 7.65. The first-order valence-corrected chi connectivity index (χ1v) is 4.87. The van der Waals surface area contributed by atoms with Crippen molar-refractivity contribution in [1.82, 2.24) is 9.97 Å². The SMILES string of the molecule is COC(C)(C)CNc1cc(NN)nc(N)n1. The third kappa shape index (κ3) is 3.52. The Labute approximate surface area is 94.6 Å². The van der Waals surface area contributed by atoms with E-state index in [1.165, 1.54) is 0 Å². The largest absolute Gasteiger partial charge is 0.377 e. The van der Waals surface area contributed by atoms with Gasteiger partial charge in [0.15, 0.2) is 0 Å². The topological polar surface area (TPSA) is 111 Å². The van der Waals surface area contributed by atoms with Gasteiger partial charge in [0, 0.05) is 19.7 Å².